The molecule has 0 aromatic heterocycles. The van der Waals surface area contributed by atoms with Gasteiger partial charge in [0, 0.05) is 11.3 Å². The predicted molar refractivity (Wildman–Crippen MR) is 74.4 cm³/mol. The average molecular weight is 295 g/mol. The van der Waals surface area contributed by atoms with Crippen molar-refractivity contribution in [3.63, 3.8) is 0 Å². The van der Waals surface area contributed by atoms with Crippen LogP contribution in [0.2, 0.25) is 5.02 Å². The summed E-state index contributed by atoms with van der Waals surface area (Å²) in [4.78, 5) is 12.2. The van der Waals surface area contributed by atoms with Gasteiger partial charge in [-0.25, -0.2) is 0 Å². The molecule has 0 amide bonds. The molecule has 3 aliphatic carbocycles. The smallest absolute Gasteiger partial charge is 0.177 e. The second-order valence-electron chi connectivity index (χ2n) is 5.87. The van der Waals surface area contributed by atoms with E-state index in [-0.39, 0.29) is 22.9 Å². The van der Waals surface area contributed by atoms with Crippen LogP contribution in [0.3, 0.4) is 0 Å². The third-order valence-corrected chi connectivity index (χ3v) is 5.75. The van der Waals surface area contributed by atoms with E-state index in [1.165, 1.54) is 0 Å². The normalized spacial score (nSPS) is 31.7. The first-order valence-electron chi connectivity index (χ1n) is 6.49. The number of phenolic OH excluding ortho intramolecular Hbond substituents is 1. The Hall–Kier alpha value is -0.990. The minimum atomic E-state index is -0.0184. The lowest BCUT2D eigenvalue weighted by molar-refractivity contribution is -0.118. The van der Waals surface area contributed by atoms with Gasteiger partial charge >= 0.3 is 0 Å². The van der Waals surface area contributed by atoms with Gasteiger partial charge in [-0.2, -0.15) is 0 Å². The summed E-state index contributed by atoms with van der Waals surface area (Å²) in [5, 5.41) is 10.6. The van der Waals surface area contributed by atoms with Crippen LogP contribution < -0.4 is 0 Å². The van der Waals surface area contributed by atoms with Gasteiger partial charge in [-0.3, -0.25) is 4.79 Å². The Morgan fingerprint density at radius 2 is 2.11 bits per heavy atom. The molecule has 19 heavy (non-hydrogen) atoms. The predicted octanol–water partition coefficient (Wildman–Crippen LogP) is 3.92. The summed E-state index contributed by atoms with van der Waals surface area (Å²) in [6, 6.07) is 3.43. The molecular formula is C15H12Cl2O2. The Kier molecular flexibility index (Phi) is 2.21. The zero-order valence-corrected chi connectivity index (χ0v) is 11.7. The summed E-state index contributed by atoms with van der Waals surface area (Å²) in [7, 11) is 0. The van der Waals surface area contributed by atoms with Crippen molar-refractivity contribution in [3.8, 4) is 5.75 Å². The molecule has 1 saturated carbocycles. The Morgan fingerprint density at radius 3 is 2.89 bits per heavy atom. The highest BCUT2D eigenvalue weighted by atomic mass is 35.5. The van der Waals surface area contributed by atoms with E-state index in [1.54, 1.807) is 6.07 Å². The van der Waals surface area contributed by atoms with Gasteiger partial charge in [0.2, 0.25) is 0 Å². The lowest BCUT2D eigenvalue weighted by Crippen LogP contribution is -2.25. The Labute approximate surface area is 121 Å². The van der Waals surface area contributed by atoms with Gasteiger partial charge in [0.25, 0.3) is 0 Å². The maximum atomic E-state index is 12.2. The van der Waals surface area contributed by atoms with Crippen molar-refractivity contribution in [3.05, 3.63) is 33.3 Å². The Bertz CT molecular complexity index is 662. The molecule has 0 aliphatic heterocycles. The number of phenols is 1. The van der Waals surface area contributed by atoms with Crippen LogP contribution in [0.4, 0.5) is 0 Å². The van der Waals surface area contributed by atoms with Gasteiger partial charge < -0.3 is 5.11 Å². The van der Waals surface area contributed by atoms with E-state index in [0.717, 1.165) is 42.4 Å². The van der Waals surface area contributed by atoms with E-state index < -0.39 is 0 Å². The molecule has 1 aromatic rings. The number of fused-ring (bicyclic) bond motifs is 3. The highest BCUT2D eigenvalue weighted by Gasteiger charge is 2.54. The van der Waals surface area contributed by atoms with Gasteiger partial charge in [0.1, 0.15) is 5.75 Å². The zero-order chi connectivity index (χ0) is 13.4. The number of allylic oxidation sites excluding steroid dienone is 2. The van der Waals surface area contributed by atoms with Crippen LogP contribution in [0.5, 0.6) is 5.75 Å². The summed E-state index contributed by atoms with van der Waals surface area (Å²) in [5.41, 5.74) is 2.87. The van der Waals surface area contributed by atoms with Crippen LogP contribution in [0.1, 0.15) is 30.4 Å². The molecule has 3 aliphatic rings. The first-order chi connectivity index (χ1) is 9.03. The van der Waals surface area contributed by atoms with E-state index in [4.69, 9.17) is 23.2 Å². The SMILES string of the molecule is O=C1C(Cl)=C2c3ccc(O)c(Cl)c3C[C@@]23CCC1C3. The molecule has 0 heterocycles. The van der Waals surface area contributed by atoms with E-state index in [2.05, 4.69) is 0 Å². The Balaban J connectivity index is 2.03. The van der Waals surface area contributed by atoms with E-state index >= 15 is 0 Å². The molecule has 0 radical (unpaired) electrons. The third kappa shape index (κ3) is 1.31. The first-order valence-corrected chi connectivity index (χ1v) is 7.24. The highest BCUT2D eigenvalue weighted by Crippen LogP contribution is 2.63. The first kappa shape index (κ1) is 11.8. The second-order valence-corrected chi connectivity index (χ2v) is 6.63. The molecule has 1 N–H and O–H groups in total. The average Bonchev–Trinajstić information content (AvgIpc) is 2.93. The molecule has 1 spiro atoms. The van der Waals surface area contributed by atoms with Crippen molar-refractivity contribution in [1.29, 1.82) is 0 Å². The standard InChI is InChI=1S/C15H12Cl2O2/c16-12-9-6-15-4-3-7(5-15)14(19)13(17)11(15)8(9)1-2-10(12)18/h1-2,7,18H,3-6H2/t7?,15-/m0/s1. The monoisotopic (exact) mass is 294 g/mol. The van der Waals surface area contributed by atoms with E-state index in [9.17, 15) is 9.90 Å². The van der Waals surface area contributed by atoms with Crippen LogP contribution in [0, 0.1) is 11.3 Å². The molecule has 1 fully saturated rings. The van der Waals surface area contributed by atoms with Crippen molar-refractivity contribution in [2.75, 3.05) is 0 Å². The molecule has 2 atom stereocenters. The maximum Gasteiger partial charge on any atom is 0.177 e. The summed E-state index contributed by atoms with van der Waals surface area (Å²) in [5.74, 6) is 0.271. The Morgan fingerprint density at radius 1 is 1.32 bits per heavy atom. The number of carbonyl (C=O) groups is 1. The van der Waals surface area contributed by atoms with Crippen LogP contribution in [0.25, 0.3) is 5.57 Å². The topological polar surface area (TPSA) is 37.3 Å². The molecule has 98 valence electrons. The summed E-state index contributed by atoms with van der Waals surface area (Å²) in [6.07, 6.45) is 3.57. The van der Waals surface area contributed by atoms with Crippen molar-refractivity contribution in [1.82, 2.24) is 0 Å². The van der Waals surface area contributed by atoms with Crippen LogP contribution >= 0.6 is 23.2 Å². The zero-order valence-electron chi connectivity index (χ0n) is 10.2. The molecule has 1 aromatic carbocycles. The number of Topliss-reactive ketones (excluding diaryl/α,β-unsaturated/α-hetero) is 1. The van der Waals surface area contributed by atoms with Crippen molar-refractivity contribution >= 4 is 34.6 Å². The van der Waals surface area contributed by atoms with E-state index in [1.807, 2.05) is 6.07 Å². The number of rotatable bonds is 0. The summed E-state index contributed by atoms with van der Waals surface area (Å²) >= 11 is 12.6. The number of aromatic hydroxyl groups is 1. The number of benzene rings is 1. The summed E-state index contributed by atoms with van der Waals surface area (Å²) in [6.45, 7) is 0. The lowest BCUT2D eigenvalue weighted by Gasteiger charge is -2.30. The highest BCUT2D eigenvalue weighted by molar-refractivity contribution is 6.47. The van der Waals surface area contributed by atoms with Gasteiger partial charge in [0.15, 0.2) is 5.78 Å². The van der Waals surface area contributed by atoms with E-state index in [0.29, 0.717) is 10.1 Å². The fourth-order valence-corrected chi connectivity index (χ4v) is 4.81. The van der Waals surface area contributed by atoms with Crippen LogP contribution in [-0.4, -0.2) is 10.9 Å². The van der Waals surface area contributed by atoms with Gasteiger partial charge in [-0.05, 0) is 48.4 Å². The lowest BCUT2D eigenvalue weighted by atomic mass is 9.74. The summed E-state index contributed by atoms with van der Waals surface area (Å²) < 4.78 is 0. The largest absolute Gasteiger partial charge is 0.506 e. The molecule has 0 saturated heterocycles. The minimum Gasteiger partial charge on any atom is -0.506 e. The molecule has 4 rings (SSSR count). The molecule has 4 heteroatoms. The van der Waals surface area contributed by atoms with Gasteiger partial charge in [-0.15, -0.1) is 0 Å². The fourth-order valence-electron chi connectivity index (χ4n) is 4.12. The molecule has 2 bridgehead atoms. The maximum absolute atomic E-state index is 12.2. The van der Waals surface area contributed by atoms with Gasteiger partial charge in [0.05, 0.1) is 10.1 Å². The number of carbonyl (C=O) groups excluding carboxylic acids is 1. The van der Waals surface area contributed by atoms with Crippen molar-refractivity contribution < 1.29 is 9.90 Å². The van der Waals surface area contributed by atoms with Crippen LogP contribution in [0.15, 0.2) is 17.2 Å². The molecular weight excluding hydrogens is 283 g/mol. The van der Waals surface area contributed by atoms with Gasteiger partial charge in [-0.1, -0.05) is 29.3 Å². The number of halogens is 2. The quantitative estimate of drug-likeness (QED) is 0.787. The number of hydrogen-bond donors (Lipinski definition) is 1. The fraction of sp³-hybridized carbons (Fsp3) is 0.400. The van der Waals surface area contributed by atoms with Crippen molar-refractivity contribution in [2.45, 2.75) is 25.7 Å². The molecule has 1 unspecified atom stereocenters. The van der Waals surface area contributed by atoms with Crippen LogP contribution in [-0.2, 0) is 11.2 Å². The second kappa shape index (κ2) is 3.56. The third-order valence-electron chi connectivity index (χ3n) is 4.95. The number of hydrogen-bond acceptors (Lipinski definition) is 2. The minimum absolute atomic E-state index is 0.0184. The molecule has 2 nitrogen and oxygen atoms in total. The van der Waals surface area contributed by atoms with Crippen molar-refractivity contribution in [2.24, 2.45) is 11.3 Å². The number of ketones is 1.